The molecule has 1 aliphatic heterocycles. The van der Waals surface area contributed by atoms with Gasteiger partial charge in [0.15, 0.2) is 0 Å². The number of carboxylic acid groups (broad SMARTS) is 1. The van der Waals surface area contributed by atoms with Gasteiger partial charge >= 0.3 is 12.0 Å². The van der Waals surface area contributed by atoms with Crippen molar-refractivity contribution in [1.29, 1.82) is 0 Å². The molecule has 3 amide bonds. The van der Waals surface area contributed by atoms with Gasteiger partial charge in [0, 0.05) is 12.6 Å². The lowest BCUT2D eigenvalue weighted by molar-refractivity contribution is -0.143. The standard InChI is InChI=1S/C12H21N3O4/c1-8(2)14-10(16)7-13-12(19)15-6-4-3-5-9(15)11(17)18/h8-9H,3-7H2,1-2H3,(H,13,19)(H,14,16)(H,17,18). The number of rotatable bonds is 4. The van der Waals surface area contributed by atoms with Crippen LogP contribution in [0.4, 0.5) is 4.79 Å². The molecule has 0 spiro atoms. The lowest BCUT2D eigenvalue weighted by atomic mass is 10.0. The number of carboxylic acids is 1. The van der Waals surface area contributed by atoms with Crippen molar-refractivity contribution in [3.63, 3.8) is 0 Å². The zero-order chi connectivity index (χ0) is 14.4. The van der Waals surface area contributed by atoms with E-state index in [4.69, 9.17) is 5.11 Å². The quantitative estimate of drug-likeness (QED) is 0.678. The number of hydrogen-bond acceptors (Lipinski definition) is 3. The van der Waals surface area contributed by atoms with E-state index < -0.39 is 18.0 Å². The highest BCUT2D eigenvalue weighted by Crippen LogP contribution is 2.17. The average molecular weight is 271 g/mol. The fourth-order valence-electron chi connectivity index (χ4n) is 2.06. The van der Waals surface area contributed by atoms with Crippen molar-refractivity contribution < 1.29 is 19.5 Å². The number of amides is 3. The predicted octanol–water partition coefficient (Wildman–Crippen LogP) is 0.160. The Hall–Kier alpha value is -1.79. The van der Waals surface area contributed by atoms with Crippen LogP contribution in [-0.2, 0) is 9.59 Å². The minimum absolute atomic E-state index is 0.00570. The number of aliphatic carboxylic acids is 1. The van der Waals surface area contributed by atoms with E-state index in [1.807, 2.05) is 13.8 Å². The fourth-order valence-corrected chi connectivity index (χ4v) is 2.06. The zero-order valence-electron chi connectivity index (χ0n) is 11.3. The summed E-state index contributed by atoms with van der Waals surface area (Å²) in [5, 5.41) is 14.2. The van der Waals surface area contributed by atoms with E-state index in [2.05, 4.69) is 10.6 Å². The molecule has 0 saturated carbocycles. The Morgan fingerprint density at radius 1 is 1.32 bits per heavy atom. The van der Waals surface area contributed by atoms with Crippen LogP contribution in [0.15, 0.2) is 0 Å². The van der Waals surface area contributed by atoms with Crippen LogP contribution in [0.1, 0.15) is 33.1 Å². The first-order valence-corrected chi connectivity index (χ1v) is 6.48. The number of nitrogens with one attached hydrogen (secondary N) is 2. The maximum Gasteiger partial charge on any atom is 0.326 e. The number of nitrogens with zero attached hydrogens (tertiary/aromatic N) is 1. The first-order valence-electron chi connectivity index (χ1n) is 6.48. The summed E-state index contributed by atoms with van der Waals surface area (Å²) in [6.45, 7) is 3.92. The molecular weight excluding hydrogens is 250 g/mol. The number of urea groups is 1. The van der Waals surface area contributed by atoms with Gasteiger partial charge in [0.25, 0.3) is 0 Å². The number of carbonyl (C=O) groups excluding carboxylic acids is 2. The summed E-state index contributed by atoms with van der Waals surface area (Å²) in [4.78, 5) is 35.6. The number of carbonyl (C=O) groups is 3. The smallest absolute Gasteiger partial charge is 0.326 e. The highest BCUT2D eigenvalue weighted by molar-refractivity contribution is 5.86. The average Bonchev–Trinajstić information content (AvgIpc) is 2.35. The summed E-state index contributed by atoms with van der Waals surface area (Å²) in [6.07, 6.45) is 2.05. The van der Waals surface area contributed by atoms with Crippen molar-refractivity contribution in [2.75, 3.05) is 13.1 Å². The van der Waals surface area contributed by atoms with Gasteiger partial charge in [-0.05, 0) is 33.1 Å². The number of likely N-dealkylation sites (tertiary alicyclic amines) is 1. The molecule has 1 heterocycles. The van der Waals surface area contributed by atoms with E-state index in [0.717, 1.165) is 12.8 Å². The van der Waals surface area contributed by atoms with Crippen LogP contribution in [0.5, 0.6) is 0 Å². The van der Waals surface area contributed by atoms with Crippen LogP contribution >= 0.6 is 0 Å². The predicted molar refractivity (Wildman–Crippen MR) is 68.7 cm³/mol. The molecule has 1 atom stereocenters. The molecule has 0 aliphatic carbocycles. The molecule has 1 saturated heterocycles. The van der Waals surface area contributed by atoms with E-state index in [-0.39, 0.29) is 18.5 Å². The molecule has 1 rings (SSSR count). The largest absolute Gasteiger partial charge is 0.480 e. The summed E-state index contributed by atoms with van der Waals surface area (Å²) in [5.41, 5.74) is 0. The van der Waals surface area contributed by atoms with Crippen molar-refractivity contribution in [3.05, 3.63) is 0 Å². The number of piperidine rings is 1. The Bertz CT molecular complexity index is 357. The number of hydrogen-bond donors (Lipinski definition) is 3. The lowest BCUT2D eigenvalue weighted by Gasteiger charge is -2.32. The van der Waals surface area contributed by atoms with E-state index >= 15 is 0 Å². The highest BCUT2D eigenvalue weighted by atomic mass is 16.4. The van der Waals surface area contributed by atoms with Crippen molar-refractivity contribution in [3.8, 4) is 0 Å². The molecule has 108 valence electrons. The molecule has 0 aromatic heterocycles. The fraction of sp³-hybridized carbons (Fsp3) is 0.750. The maximum absolute atomic E-state index is 11.9. The van der Waals surface area contributed by atoms with E-state index in [1.54, 1.807) is 0 Å². The van der Waals surface area contributed by atoms with Gasteiger partial charge in [-0.1, -0.05) is 0 Å². The minimum Gasteiger partial charge on any atom is -0.480 e. The maximum atomic E-state index is 11.9. The van der Waals surface area contributed by atoms with Gasteiger partial charge in [0.1, 0.15) is 6.04 Å². The van der Waals surface area contributed by atoms with Crippen LogP contribution in [0.25, 0.3) is 0 Å². The van der Waals surface area contributed by atoms with Crippen LogP contribution in [0.2, 0.25) is 0 Å². The summed E-state index contributed by atoms with van der Waals surface area (Å²) in [5.74, 6) is -1.28. The first-order chi connectivity index (χ1) is 8.91. The van der Waals surface area contributed by atoms with Gasteiger partial charge in [-0.25, -0.2) is 9.59 Å². The molecule has 1 fully saturated rings. The molecule has 0 aromatic carbocycles. The van der Waals surface area contributed by atoms with Crippen LogP contribution in [0, 0.1) is 0 Å². The molecular formula is C12H21N3O4. The van der Waals surface area contributed by atoms with E-state index in [1.165, 1.54) is 4.90 Å². The third-order valence-electron chi connectivity index (χ3n) is 2.90. The van der Waals surface area contributed by atoms with Gasteiger partial charge in [0.2, 0.25) is 5.91 Å². The molecule has 0 bridgehead atoms. The molecule has 7 heteroatoms. The van der Waals surface area contributed by atoms with Crippen molar-refractivity contribution >= 4 is 17.9 Å². The lowest BCUT2D eigenvalue weighted by Crippen LogP contribution is -2.53. The second-order valence-corrected chi connectivity index (χ2v) is 4.92. The van der Waals surface area contributed by atoms with Gasteiger partial charge in [-0.2, -0.15) is 0 Å². The van der Waals surface area contributed by atoms with Crippen molar-refractivity contribution in [1.82, 2.24) is 15.5 Å². The molecule has 1 aliphatic rings. The van der Waals surface area contributed by atoms with Crippen LogP contribution in [0.3, 0.4) is 0 Å². The van der Waals surface area contributed by atoms with Crippen molar-refractivity contribution in [2.45, 2.75) is 45.2 Å². The monoisotopic (exact) mass is 271 g/mol. The minimum atomic E-state index is -0.999. The van der Waals surface area contributed by atoms with Gasteiger partial charge < -0.3 is 20.6 Å². The van der Waals surface area contributed by atoms with E-state index in [9.17, 15) is 14.4 Å². The highest BCUT2D eigenvalue weighted by Gasteiger charge is 2.31. The Labute approximate surface area is 112 Å². The summed E-state index contributed by atoms with van der Waals surface area (Å²) in [7, 11) is 0. The summed E-state index contributed by atoms with van der Waals surface area (Å²) < 4.78 is 0. The first kappa shape index (κ1) is 15.3. The van der Waals surface area contributed by atoms with Gasteiger partial charge in [-0.3, -0.25) is 4.79 Å². The third-order valence-corrected chi connectivity index (χ3v) is 2.90. The normalized spacial score (nSPS) is 19.1. The third kappa shape index (κ3) is 4.76. The Morgan fingerprint density at radius 3 is 2.58 bits per heavy atom. The van der Waals surface area contributed by atoms with Crippen LogP contribution < -0.4 is 10.6 Å². The summed E-state index contributed by atoms with van der Waals surface area (Å²) >= 11 is 0. The second-order valence-electron chi connectivity index (χ2n) is 4.92. The van der Waals surface area contributed by atoms with Crippen LogP contribution in [-0.4, -0.2) is 53.1 Å². The van der Waals surface area contributed by atoms with E-state index in [0.29, 0.717) is 13.0 Å². The molecule has 1 unspecified atom stereocenters. The van der Waals surface area contributed by atoms with Crippen molar-refractivity contribution in [2.24, 2.45) is 0 Å². The Balaban J connectivity index is 2.47. The Kier molecular flexibility index (Phi) is 5.59. The van der Waals surface area contributed by atoms with Gasteiger partial charge in [0.05, 0.1) is 6.54 Å². The Morgan fingerprint density at radius 2 is 2.00 bits per heavy atom. The summed E-state index contributed by atoms with van der Waals surface area (Å²) in [6, 6.07) is -1.28. The molecule has 7 nitrogen and oxygen atoms in total. The SMILES string of the molecule is CC(C)NC(=O)CNC(=O)N1CCCCC1C(=O)O. The molecule has 3 N–H and O–H groups in total. The van der Waals surface area contributed by atoms with Gasteiger partial charge in [-0.15, -0.1) is 0 Å². The molecule has 0 aromatic rings. The topological polar surface area (TPSA) is 98.7 Å². The molecule has 19 heavy (non-hydrogen) atoms. The second kappa shape index (κ2) is 6.96. The zero-order valence-corrected chi connectivity index (χ0v) is 11.3. The molecule has 0 radical (unpaired) electrons.